The second-order valence-electron chi connectivity index (χ2n) is 5.74. The van der Waals surface area contributed by atoms with Gasteiger partial charge in [0.15, 0.2) is 0 Å². The summed E-state index contributed by atoms with van der Waals surface area (Å²) in [6.45, 7) is 5.12. The molecule has 1 aliphatic heterocycles. The first-order valence-electron chi connectivity index (χ1n) is 7.57. The highest BCUT2D eigenvalue weighted by molar-refractivity contribution is 6.44. The molecule has 7 nitrogen and oxygen atoms in total. The van der Waals surface area contributed by atoms with E-state index in [2.05, 4.69) is 5.16 Å². The third-order valence-corrected chi connectivity index (χ3v) is 4.25. The van der Waals surface area contributed by atoms with E-state index in [4.69, 9.17) is 4.52 Å². The highest BCUT2D eigenvalue weighted by atomic mass is 16.5. The zero-order valence-corrected chi connectivity index (χ0v) is 13.6. The minimum atomic E-state index is -0.831. The second kappa shape index (κ2) is 5.92. The van der Waals surface area contributed by atoms with Gasteiger partial charge in [0, 0.05) is 5.56 Å². The van der Waals surface area contributed by atoms with Gasteiger partial charge in [0.05, 0.1) is 18.3 Å². The van der Waals surface area contributed by atoms with Crippen LogP contribution in [0.15, 0.2) is 34.9 Å². The predicted octanol–water partition coefficient (Wildman–Crippen LogP) is 2.34. The van der Waals surface area contributed by atoms with Crippen molar-refractivity contribution in [2.24, 2.45) is 0 Å². The van der Waals surface area contributed by atoms with Crippen molar-refractivity contribution in [1.29, 1.82) is 0 Å². The molecule has 0 radical (unpaired) electrons. The summed E-state index contributed by atoms with van der Waals surface area (Å²) >= 11 is 0. The van der Waals surface area contributed by atoms with E-state index < -0.39 is 23.9 Å². The van der Waals surface area contributed by atoms with Crippen molar-refractivity contribution >= 4 is 17.8 Å². The van der Waals surface area contributed by atoms with E-state index in [-0.39, 0.29) is 6.54 Å². The summed E-state index contributed by atoms with van der Waals surface area (Å²) in [6.07, 6.45) is 0. The lowest BCUT2D eigenvalue weighted by Crippen LogP contribution is -2.35. The molecule has 24 heavy (non-hydrogen) atoms. The van der Waals surface area contributed by atoms with Crippen LogP contribution in [0.25, 0.3) is 0 Å². The largest absolute Gasteiger partial charge is 0.361 e. The Bertz CT molecular complexity index is 793. The Hall–Kier alpha value is -2.96. The Balaban J connectivity index is 1.88. The number of aryl methyl sites for hydroxylation is 2. The first-order chi connectivity index (χ1) is 11.4. The van der Waals surface area contributed by atoms with Crippen molar-refractivity contribution in [3.63, 3.8) is 0 Å². The summed E-state index contributed by atoms with van der Waals surface area (Å²) in [7, 11) is 0. The van der Waals surface area contributed by atoms with Crippen molar-refractivity contribution in [2.45, 2.75) is 33.4 Å². The van der Waals surface area contributed by atoms with E-state index in [9.17, 15) is 14.4 Å². The van der Waals surface area contributed by atoms with Crippen LogP contribution in [0.2, 0.25) is 0 Å². The summed E-state index contributed by atoms with van der Waals surface area (Å²) in [4.78, 5) is 39.2. The van der Waals surface area contributed by atoms with Gasteiger partial charge in [-0.25, -0.2) is 9.69 Å². The SMILES string of the molecule is Cc1noc(C)c1CN1C(=O)C(=O)N([C@H](C)c2ccccc2)C1=O. The minimum absolute atomic E-state index is 0.0252. The predicted molar refractivity (Wildman–Crippen MR) is 83.6 cm³/mol. The molecule has 3 rings (SSSR count). The van der Waals surface area contributed by atoms with Gasteiger partial charge in [-0.3, -0.25) is 14.5 Å². The standard InChI is InChI=1S/C17H17N3O4/c1-10-14(12(3)24-18-10)9-19-15(21)16(22)20(17(19)23)11(2)13-7-5-4-6-8-13/h4-8,11H,9H2,1-3H3/t11-/m1/s1. The van der Waals surface area contributed by atoms with E-state index in [0.29, 0.717) is 17.0 Å². The van der Waals surface area contributed by atoms with Crippen molar-refractivity contribution < 1.29 is 18.9 Å². The molecule has 2 aromatic rings. The van der Waals surface area contributed by atoms with E-state index in [0.717, 1.165) is 15.4 Å². The number of carbonyl (C=O) groups excluding carboxylic acids is 3. The van der Waals surface area contributed by atoms with Crippen molar-refractivity contribution in [1.82, 2.24) is 15.0 Å². The van der Waals surface area contributed by atoms with E-state index >= 15 is 0 Å². The number of carbonyl (C=O) groups is 3. The number of hydrogen-bond acceptors (Lipinski definition) is 5. The fourth-order valence-electron chi connectivity index (χ4n) is 2.77. The average molecular weight is 327 g/mol. The van der Waals surface area contributed by atoms with Gasteiger partial charge in [0.25, 0.3) is 0 Å². The van der Waals surface area contributed by atoms with E-state index in [1.54, 1.807) is 20.8 Å². The topological polar surface area (TPSA) is 83.7 Å². The smallest absolute Gasteiger partial charge is 0.335 e. The monoisotopic (exact) mass is 327 g/mol. The second-order valence-corrected chi connectivity index (χ2v) is 5.74. The van der Waals surface area contributed by atoms with Crippen molar-refractivity contribution in [2.75, 3.05) is 0 Å². The maximum absolute atomic E-state index is 12.6. The number of hydrogen-bond donors (Lipinski definition) is 0. The molecule has 0 saturated carbocycles. The number of aromatic nitrogens is 1. The highest BCUT2D eigenvalue weighted by Gasteiger charge is 2.47. The lowest BCUT2D eigenvalue weighted by Gasteiger charge is -2.22. The number of amides is 4. The Morgan fingerprint density at radius 1 is 1.08 bits per heavy atom. The molecular formula is C17H17N3O4. The summed E-state index contributed by atoms with van der Waals surface area (Å²) in [5.74, 6) is -1.12. The van der Waals surface area contributed by atoms with Crippen LogP contribution in [0.1, 0.15) is 35.5 Å². The number of nitrogens with zero attached hydrogens (tertiary/aromatic N) is 3. The maximum Gasteiger partial charge on any atom is 0.335 e. The minimum Gasteiger partial charge on any atom is -0.361 e. The molecule has 0 spiro atoms. The lowest BCUT2D eigenvalue weighted by atomic mass is 10.1. The van der Waals surface area contributed by atoms with Crippen molar-refractivity contribution in [3.05, 3.63) is 52.9 Å². The van der Waals surface area contributed by atoms with Gasteiger partial charge in [0.1, 0.15) is 5.76 Å². The highest BCUT2D eigenvalue weighted by Crippen LogP contribution is 2.28. The van der Waals surface area contributed by atoms with Crippen LogP contribution in [0.4, 0.5) is 4.79 Å². The zero-order valence-electron chi connectivity index (χ0n) is 13.6. The molecule has 124 valence electrons. The molecule has 0 aliphatic carbocycles. The third kappa shape index (κ3) is 2.47. The van der Waals surface area contributed by atoms with E-state index in [1.165, 1.54) is 0 Å². The van der Waals surface area contributed by atoms with Crippen LogP contribution in [-0.2, 0) is 16.1 Å². The molecule has 1 aromatic heterocycles. The lowest BCUT2D eigenvalue weighted by molar-refractivity contribution is -0.144. The first kappa shape index (κ1) is 15.9. The molecule has 7 heteroatoms. The molecule has 1 atom stereocenters. The molecule has 1 aromatic carbocycles. The van der Waals surface area contributed by atoms with Crippen LogP contribution in [-0.4, -0.2) is 32.8 Å². The van der Waals surface area contributed by atoms with Gasteiger partial charge >= 0.3 is 17.8 Å². The Morgan fingerprint density at radius 2 is 1.75 bits per heavy atom. The van der Waals surface area contributed by atoms with Crippen LogP contribution in [0.3, 0.4) is 0 Å². The molecule has 0 unspecified atom stereocenters. The molecule has 4 amide bonds. The van der Waals surface area contributed by atoms with Gasteiger partial charge in [-0.1, -0.05) is 35.5 Å². The third-order valence-electron chi connectivity index (χ3n) is 4.25. The normalized spacial score (nSPS) is 16.2. The van der Waals surface area contributed by atoms with Gasteiger partial charge in [-0.2, -0.15) is 0 Å². The van der Waals surface area contributed by atoms with Gasteiger partial charge in [-0.05, 0) is 26.3 Å². The molecule has 0 N–H and O–H groups in total. The average Bonchev–Trinajstić information content (AvgIpc) is 3.00. The Labute approximate surface area is 138 Å². The van der Waals surface area contributed by atoms with Crippen LogP contribution in [0, 0.1) is 13.8 Å². The van der Waals surface area contributed by atoms with Crippen LogP contribution in [0.5, 0.6) is 0 Å². The van der Waals surface area contributed by atoms with Gasteiger partial charge < -0.3 is 4.52 Å². The molecule has 1 fully saturated rings. The van der Waals surface area contributed by atoms with Gasteiger partial charge in [0.2, 0.25) is 0 Å². The van der Waals surface area contributed by atoms with Gasteiger partial charge in [-0.15, -0.1) is 0 Å². The summed E-state index contributed by atoms with van der Waals surface area (Å²) in [5.41, 5.74) is 2.01. The summed E-state index contributed by atoms with van der Waals surface area (Å²) in [5, 5.41) is 3.81. The number of benzene rings is 1. The van der Waals surface area contributed by atoms with Crippen molar-refractivity contribution in [3.8, 4) is 0 Å². The zero-order chi connectivity index (χ0) is 17.4. The van der Waals surface area contributed by atoms with E-state index in [1.807, 2.05) is 30.3 Å². The molecule has 1 aliphatic rings. The number of urea groups is 1. The summed E-state index contributed by atoms with van der Waals surface area (Å²) < 4.78 is 5.05. The quantitative estimate of drug-likeness (QED) is 0.636. The summed E-state index contributed by atoms with van der Waals surface area (Å²) in [6, 6.07) is 7.96. The Morgan fingerprint density at radius 3 is 2.33 bits per heavy atom. The molecule has 0 bridgehead atoms. The van der Waals surface area contributed by atoms with Crippen LogP contribution < -0.4 is 0 Å². The van der Waals surface area contributed by atoms with Crippen LogP contribution >= 0.6 is 0 Å². The molecule has 2 heterocycles. The molecular weight excluding hydrogens is 310 g/mol. The first-order valence-corrected chi connectivity index (χ1v) is 7.57. The molecule has 1 saturated heterocycles. The fraction of sp³-hybridized carbons (Fsp3) is 0.294. The Kier molecular flexibility index (Phi) is 3.92. The fourth-order valence-corrected chi connectivity index (χ4v) is 2.77. The number of rotatable bonds is 4. The maximum atomic E-state index is 12.6. The number of imide groups is 2.